The van der Waals surface area contributed by atoms with Crippen LogP contribution >= 0.6 is 0 Å². The van der Waals surface area contributed by atoms with Gasteiger partial charge in [0.25, 0.3) is 0 Å². The van der Waals surface area contributed by atoms with Gasteiger partial charge in [0.05, 0.1) is 18.3 Å². The van der Waals surface area contributed by atoms with Crippen LogP contribution in [0.2, 0.25) is 0 Å². The summed E-state index contributed by atoms with van der Waals surface area (Å²) in [5, 5.41) is 16.3. The molecule has 7 nitrogen and oxygen atoms in total. The molecule has 1 saturated heterocycles. The lowest BCUT2D eigenvalue weighted by Crippen LogP contribution is -2.48. The first kappa shape index (κ1) is 12.9. The van der Waals surface area contributed by atoms with Crippen LogP contribution in [-0.2, 0) is 0 Å². The topological polar surface area (TPSA) is 84.4 Å². The van der Waals surface area contributed by atoms with Gasteiger partial charge in [0.2, 0.25) is 0 Å². The smallest absolute Gasteiger partial charge is 0.358 e. The van der Waals surface area contributed by atoms with Crippen molar-refractivity contribution in [3.63, 3.8) is 0 Å². The molecule has 0 amide bonds. The van der Waals surface area contributed by atoms with Crippen molar-refractivity contribution in [1.29, 1.82) is 0 Å². The molecular weight excluding hydrogens is 260 g/mol. The fourth-order valence-corrected chi connectivity index (χ4v) is 2.38. The highest BCUT2D eigenvalue weighted by atomic mass is 16.4. The van der Waals surface area contributed by atoms with Gasteiger partial charge < -0.3 is 9.52 Å². The lowest BCUT2D eigenvalue weighted by Gasteiger charge is -2.42. The second-order valence-corrected chi connectivity index (χ2v) is 5.12. The van der Waals surface area contributed by atoms with Gasteiger partial charge in [0.15, 0.2) is 5.69 Å². The monoisotopic (exact) mass is 276 g/mol. The van der Waals surface area contributed by atoms with E-state index in [-0.39, 0.29) is 17.8 Å². The fourth-order valence-electron chi connectivity index (χ4n) is 2.38. The first-order chi connectivity index (χ1) is 9.54. The molecule has 2 aromatic heterocycles. The number of carboxylic acid groups (broad SMARTS) is 1. The number of hydrogen-bond acceptors (Lipinski definition) is 5. The van der Waals surface area contributed by atoms with E-state index in [1.54, 1.807) is 4.68 Å². The molecule has 1 unspecified atom stereocenters. The normalized spacial score (nSPS) is 17.9. The van der Waals surface area contributed by atoms with Gasteiger partial charge in [0, 0.05) is 13.1 Å². The third kappa shape index (κ3) is 2.20. The minimum Gasteiger partial charge on any atom is -0.476 e. The standard InChI is InChI=1S/C13H16N4O3/c1-8-3-4-12(20-8)9(2)16-5-10(6-16)17-7-11(13(18)19)14-15-17/h3-4,7,9-10H,5-6H2,1-2H3,(H,18,19). The molecule has 3 heterocycles. The number of carboxylic acids is 1. The Labute approximate surface area is 115 Å². The Morgan fingerprint density at radius 2 is 2.25 bits per heavy atom. The predicted octanol–water partition coefficient (Wildman–Crippen LogP) is 1.50. The van der Waals surface area contributed by atoms with Crippen LogP contribution in [0.4, 0.5) is 0 Å². The van der Waals surface area contributed by atoms with E-state index in [9.17, 15) is 4.79 Å². The molecule has 0 saturated carbocycles. The maximum absolute atomic E-state index is 10.8. The molecule has 1 atom stereocenters. The SMILES string of the molecule is Cc1ccc(C(C)N2CC(n3cc(C(=O)O)nn3)C2)o1. The maximum Gasteiger partial charge on any atom is 0.358 e. The van der Waals surface area contributed by atoms with Crippen molar-refractivity contribution in [3.05, 3.63) is 35.5 Å². The zero-order valence-electron chi connectivity index (χ0n) is 11.4. The van der Waals surface area contributed by atoms with E-state index in [1.165, 1.54) is 6.20 Å². The Morgan fingerprint density at radius 3 is 2.80 bits per heavy atom. The number of carbonyl (C=O) groups is 1. The van der Waals surface area contributed by atoms with Gasteiger partial charge in [-0.1, -0.05) is 5.21 Å². The van der Waals surface area contributed by atoms with E-state index in [0.29, 0.717) is 0 Å². The Morgan fingerprint density at radius 1 is 1.50 bits per heavy atom. The van der Waals surface area contributed by atoms with Crippen molar-refractivity contribution in [2.75, 3.05) is 13.1 Å². The molecule has 3 rings (SSSR count). The third-order valence-corrected chi connectivity index (χ3v) is 3.71. The van der Waals surface area contributed by atoms with Crippen LogP contribution in [0.5, 0.6) is 0 Å². The van der Waals surface area contributed by atoms with E-state index in [0.717, 1.165) is 24.6 Å². The van der Waals surface area contributed by atoms with Crippen LogP contribution in [0.25, 0.3) is 0 Å². The second kappa shape index (κ2) is 4.75. The Kier molecular flexibility index (Phi) is 3.06. The highest BCUT2D eigenvalue weighted by molar-refractivity contribution is 5.84. The fraction of sp³-hybridized carbons (Fsp3) is 0.462. The van der Waals surface area contributed by atoms with E-state index in [2.05, 4.69) is 22.1 Å². The lowest BCUT2D eigenvalue weighted by molar-refractivity contribution is 0.0493. The molecule has 20 heavy (non-hydrogen) atoms. The minimum atomic E-state index is -1.05. The molecule has 0 aliphatic carbocycles. The van der Waals surface area contributed by atoms with Crippen molar-refractivity contribution in [2.24, 2.45) is 0 Å². The lowest BCUT2D eigenvalue weighted by atomic mass is 10.1. The molecule has 1 fully saturated rings. The van der Waals surface area contributed by atoms with Gasteiger partial charge in [-0.25, -0.2) is 9.48 Å². The van der Waals surface area contributed by atoms with Crippen LogP contribution in [0.3, 0.4) is 0 Å². The molecule has 7 heteroatoms. The molecule has 0 radical (unpaired) electrons. The van der Waals surface area contributed by atoms with Gasteiger partial charge in [-0.05, 0) is 26.0 Å². The second-order valence-electron chi connectivity index (χ2n) is 5.12. The molecule has 1 aliphatic rings. The Hall–Kier alpha value is -2.15. The largest absolute Gasteiger partial charge is 0.476 e. The zero-order chi connectivity index (χ0) is 14.3. The minimum absolute atomic E-state index is 0.0156. The highest BCUT2D eigenvalue weighted by Crippen LogP contribution is 2.31. The molecule has 0 bridgehead atoms. The van der Waals surface area contributed by atoms with Gasteiger partial charge in [-0.3, -0.25) is 4.90 Å². The number of aromatic carboxylic acids is 1. The number of aryl methyl sites for hydroxylation is 1. The molecule has 106 valence electrons. The van der Waals surface area contributed by atoms with E-state index in [4.69, 9.17) is 9.52 Å². The number of hydrogen-bond donors (Lipinski definition) is 1. The molecule has 2 aromatic rings. The van der Waals surface area contributed by atoms with Crippen LogP contribution in [0, 0.1) is 6.92 Å². The van der Waals surface area contributed by atoms with Gasteiger partial charge >= 0.3 is 5.97 Å². The maximum atomic E-state index is 10.8. The average molecular weight is 276 g/mol. The first-order valence-corrected chi connectivity index (χ1v) is 6.50. The quantitative estimate of drug-likeness (QED) is 0.910. The molecule has 0 spiro atoms. The van der Waals surface area contributed by atoms with Gasteiger partial charge in [-0.2, -0.15) is 0 Å². The number of aromatic nitrogens is 3. The van der Waals surface area contributed by atoms with Crippen molar-refractivity contribution < 1.29 is 14.3 Å². The molecule has 1 N–H and O–H groups in total. The van der Waals surface area contributed by atoms with Crippen LogP contribution in [0.15, 0.2) is 22.7 Å². The summed E-state index contributed by atoms with van der Waals surface area (Å²) in [6, 6.07) is 4.34. The van der Waals surface area contributed by atoms with Crippen molar-refractivity contribution in [1.82, 2.24) is 19.9 Å². The van der Waals surface area contributed by atoms with Gasteiger partial charge in [0.1, 0.15) is 11.5 Å². The third-order valence-electron chi connectivity index (χ3n) is 3.71. The summed E-state index contributed by atoms with van der Waals surface area (Å²) in [5.74, 6) is 0.809. The summed E-state index contributed by atoms with van der Waals surface area (Å²) in [5.41, 5.74) is -0.0156. The highest BCUT2D eigenvalue weighted by Gasteiger charge is 2.34. The predicted molar refractivity (Wildman–Crippen MR) is 69.5 cm³/mol. The van der Waals surface area contributed by atoms with Crippen molar-refractivity contribution in [2.45, 2.75) is 25.9 Å². The molecule has 0 aromatic carbocycles. The number of nitrogens with zero attached hydrogens (tertiary/aromatic N) is 4. The summed E-state index contributed by atoms with van der Waals surface area (Å²) >= 11 is 0. The van der Waals surface area contributed by atoms with Crippen LogP contribution in [-0.4, -0.2) is 44.1 Å². The van der Waals surface area contributed by atoms with E-state index >= 15 is 0 Å². The average Bonchev–Trinajstić information content (AvgIpc) is 2.96. The Balaban J connectivity index is 1.61. The van der Waals surface area contributed by atoms with Crippen LogP contribution in [0.1, 0.15) is 41.0 Å². The molecule has 1 aliphatic heterocycles. The summed E-state index contributed by atoms with van der Waals surface area (Å²) in [4.78, 5) is 13.0. The Bertz CT molecular complexity index is 627. The number of furan rings is 1. The van der Waals surface area contributed by atoms with E-state index < -0.39 is 5.97 Å². The zero-order valence-corrected chi connectivity index (χ0v) is 11.4. The van der Waals surface area contributed by atoms with Crippen molar-refractivity contribution >= 4 is 5.97 Å². The summed E-state index contributed by atoms with van der Waals surface area (Å²) in [7, 11) is 0. The van der Waals surface area contributed by atoms with Crippen molar-refractivity contribution in [3.8, 4) is 0 Å². The summed E-state index contributed by atoms with van der Waals surface area (Å²) in [6.45, 7) is 5.64. The van der Waals surface area contributed by atoms with Crippen LogP contribution < -0.4 is 0 Å². The number of likely N-dealkylation sites (tertiary alicyclic amines) is 1. The first-order valence-electron chi connectivity index (χ1n) is 6.50. The van der Waals surface area contributed by atoms with Gasteiger partial charge in [-0.15, -0.1) is 5.10 Å². The van der Waals surface area contributed by atoms with E-state index in [1.807, 2.05) is 19.1 Å². The summed E-state index contributed by atoms with van der Waals surface area (Å²) in [6.07, 6.45) is 1.48. The summed E-state index contributed by atoms with van der Waals surface area (Å²) < 4.78 is 7.25. The molecular formula is C13H16N4O3. The number of rotatable bonds is 4.